The van der Waals surface area contributed by atoms with Crippen molar-refractivity contribution in [2.45, 2.75) is 31.9 Å². The third kappa shape index (κ3) is 4.50. The van der Waals surface area contributed by atoms with Gasteiger partial charge in [0.25, 0.3) is 5.91 Å². The van der Waals surface area contributed by atoms with E-state index in [0.29, 0.717) is 16.3 Å². The molecule has 3 amide bonds. The molecular weight excluding hydrogens is 415 g/mol. The molecule has 2 atom stereocenters. The molecule has 2 N–H and O–H groups in total. The highest BCUT2D eigenvalue weighted by Crippen LogP contribution is 2.35. The van der Waals surface area contributed by atoms with Crippen LogP contribution < -0.4 is 10.1 Å². The number of benzene rings is 2. The van der Waals surface area contributed by atoms with Crippen molar-refractivity contribution in [2.24, 2.45) is 0 Å². The first kappa shape index (κ1) is 21.4. The van der Waals surface area contributed by atoms with Crippen LogP contribution in [0.25, 0.3) is 0 Å². The summed E-state index contributed by atoms with van der Waals surface area (Å²) in [5, 5.41) is 13.7. The molecular formula is C21H22Cl2N2O4. The maximum atomic E-state index is 13.0. The van der Waals surface area contributed by atoms with Crippen molar-refractivity contribution < 1.29 is 19.4 Å². The summed E-state index contributed by atoms with van der Waals surface area (Å²) in [6.07, 6.45) is -0.174. The van der Waals surface area contributed by atoms with Gasteiger partial charge in [0.1, 0.15) is 24.0 Å². The number of aliphatic hydroxyl groups is 1. The van der Waals surface area contributed by atoms with Crippen LogP contribution in [0, 0.1) is 0 Å². The van der Waals surface area contributed by atoms with Crippen LogP contribution in [0.4, 0.5) is 4.79 Å². The molecule has 0 aliphatic carbocycles. The lowest BCUT2D eigenvalue weighted by atomic mass is 9.92. The first-order valence-electron chi connectivity index (χ1n) is 9.24. The minimum Gasteiger partial charge on any atom is -0.491 e. The number of β-amino-alcohol motifs (C(OH)–C–C–N with tert-alkyl or cyclic N) is 1. The number of hydrogen-bond acceptors (Lipinski definition) is 4. The van der Waals surface area contributed by atoms with Crippen LogP contribution in [0.5, 0.6) is 5.75 Å². The fourth-order valence-corrected chi connectivity index (χ4v) is 3.85. The molecule has 1 aliphatic heterocycles. The van der Waals surface area contributed by atoms with E-state index in [-0.39, 0.29) is 18.2 Å². The van der Waals surface area contributed by atoms with E-state index in [0.717, 1.165) is 16.9 Å². The largest absolute Gasteiger partial charge is 0.491 e. The number of aryl methyl sites for hydroxylation is 1. The van der Waals surface area contributed by atoms with Gasteiger partial charge in [-0.2, -0.15) is 0 Å². The van der Waals surface area contributed by atoms with Gasteiger partial charge in [-0.3, -0.25) is 9.69 Å². The molecule has 0 spiro atoms. The molecule has 154 valence electrons. The number of nitrogens with zero attached hydrogens (tertiary/aromatic N) is 1. The van der Waals surface area contributed by atoms with Crippen molar-refractivity contribution in [3.63, 3.8) is 0 Å². The Morgan fingerprint density at radius 1 is 1.21 bits per heavy atom. The van der Waals surface area contributed by atoms with Crippen molar-refractivity contribution in [2.75, 3.05) is 13.2 Å². The van der Waals surface area contributed by atoms with Crippen LogP contribution >= 0.6 is 23.2 Å². The Morgan fingerprint density at radius 2 is 1.97 bits per heavy atom. The SMILES string of the molecule is CCc1cccc(OCC(O)CN2C(=O)NC(C)(c3ccc(Cl)cc3Cl)C2=O)c1. The van der Waals surface area contributed by atoms with Crippen molar-refractivity contribution in [1.29, 1.82) is 0 Å². The Balaban J connectivity index is 1.68. The van der Waals surface area contributed by atoms with E-state index in [1.807, 2.05) is 25.1 Å². The maximum Gasteiger partial charge on any atom is 0.325 e. The quantitative estimate of drug-likeness (QED) is 0.647. The van der Waals surface area contributed by atoms with E-state index < -0.39 is 23.6 Å². The molecule has 1 aliphatic rings. The highest BCUT2D eigenvalue weighted by atomic mass is 35.5. The molecule has 3 rings (SSSR count). The number of urea groups is 1. The number of halogens is 2. The molecule has 29 heavy (non-hydrogen) atoms. The van der Waals surface area contributed by atoms with E-state index in [4.69, 9.17) is 27.9 Å². The number of nitrogens with one attached hydrogen (secondary N) is 1. The zero-order valence-electron chi connectivity index (χ0n) is 16.1. The van der Waals surface area contributed by atoms with Gasteiger partial charge in [0.2, 0.25) is 0 Å². The molecule has 1 saturated heterocycles. The van der Waals surface area contributed by atoms with Gasteiger partial charge in [-0.1, -0.05) is 48.3 Å². The lowest BCUT2D eigenvalue weighted by Gasteiger charge is -2.24. The Hall–Kier alpha value is -2.28. The summed E-state index contributed by atoms with van der Waals surface area (Å²) in [7, 11) is 0. The standard InChI is InChI=1S/C21H22Cl2N2O4/c1-3-13-5-4-6-16(9-13)29-12-15(26)11-25-19(27)21(2,24-20(25)28)17-8-7-14(22)10-18(17)23/h4-10,15,26H,3,11-12H2,1-2H3,(H,24,28). The number of aliphatic hydroxyl groups excluding tert-OH is 1. The number of carbonyl (C=O) groups is 2. The summed E-state index contributed by atoms with van der Waals surface area (Å²) in [6.45, 7) is 3.36. The van der Waals surface area contributed by atoms with Crippen LogP contribution in [0.3, 0.4) is 0 Å². The Bertz CT molecular complexity index is 937. The molecule has 0 radical (unpaired) electrons. The van der Waals surface area contributed by atoms with Crippen molar-refractivity contribution in [3.8, 4) is 5.75 Å². The van der Waals surface area contributed by atoms with Crippen LogP contribution in [0.1, 0.15) is 25.0 Å². The average molecular weight is 437 g/mol. The predicted octanol–water partition coefficient (Wildman–Crippen LogP) is 3.76. The van der Waals surface area contributed by atoms with E-state index in [2.05, 4.69) is 5.32 Å². The van der Waals surface area contributed by atoms with Crippen LogP contribution in [-0.4, -0.2) is 41.2 Å². The molecule has 6 nitrogen and oxygen atoms in total. The smallest absolute Gasteiger partial charge is 0.325 e. The van der Waals surface area contributed by atoms with Crippen molar-refractivity contribution >= 4 is 35.1 Å². The molecule has 1 heterocycles. The molecule has 0 bridgehead atoms. The lowest BCUT2D eigenvalue weighted by molar-refractivity contribution is -0.132. The minimum absolute atomic E-state index is 0.0529. The molecule has 1 fully saturated rings. The van der Waals surface area contributed by atoms with E-state index in [1.165, 1.54) is 6.07 Å². The molecule has 8 heteroatoms. The highest BCUT2D eigenvalue weighted by Gasteiger charge is 2.50. The zero-order valence-corrected chi connectivity index (χ0v) is 17.6. The summed E-state index contributed by atoms with van der Waals surface area (Å²) >= 11 is 12.2. The molecule has 0 aromatic heterocycles. The molecule has 2 aromatic carbocycles. The van der Waals surface area contributed by atoms with Crippen LogP contribution in [0.15, 0.2) is 42.5 Å². The monoisotopic (exact) mass is 436 g/mol. The predicted molar refractivity (Wildman–Crippen MR) is 111 cm³/mol. The van der Waals surface area contributed by atoms with Crippen LogP contribution in [0.2, 0.25) is 10.0 Å². The van der Waals surface area contributed by atoms with Gasteiger partial charge in [-0.05, 0) is 43.2 Å². The van der Waals surface area contributed by atoms with Gasteiger partial charge in [-0.25, -0.2) is 4.79 Å². The second kappa shape index (κ2) is 8.61. The third-order valence-corrected chi connectivity index (χ3v) is 5.43. The van der Waals surface area contributed by atoms with Gasteiger partial charge in [-0.15, -0.1) is 0 Å². The Morgan fingerprint density at radius 3 is 2.66 bits per heavy atom. The molecule has 2 aromatic rings. The molecule has 0 saturated carbocycles. The van der Waals surface area contributed by atoms with E-state index >= 15 is 0 Å². The Labute approximate surface area is 179 Å². The number of amides is 3. The first-order chi connectivity index (χ1) is 13.7. The first-order valence-corrected chi connectivity index (χ1v) is 9.99. The third-order valence-electron chi connectivity index (χ3n) is 4.89. The maximum absolute atomic E-state index is 13.0. The number of carbonyl (C=O) groups excluding carboxylic acids is 2. The lowest BCUT2D eigenvalue weighted by Crippen LogP contribution is -2.43. The second-order valence-corrected chi connectivity index (χ2v) is 7.90. The average Bonchev–Trinajstić information content (AvgIpc) is 2.90. The number of imide groups is 1. The van der Waals surface area contributed by atoms with Gasteiger partial charge < -0.3 is 15.2 Å². The summed E-state index contributed by atoms with van der Waals surface area (Å²) in [4.78, 5) is 26.4. The summed E-state index contributed by atoms with van der Waals surface area (Å²) < 4.78 is 5.60. The fraction of sp³-hybridized carbons (Fsp3) is 0.333. The van der Waals surface area contributed by atoms with E-state index in [1.54, 1.807) is 25.1 Å². The highest BCUT2D eigenvalue weighted by molar-refractivity contribution is 6.35. The van der Waals surface area contributed by atoms with Gasteiger partial charge >= 0.3 is 6.03 Å². The zero-order chi connectivity index (χ0) is 21.2. The fourth-order valence-electron chi connectivity index (χ4n) is 3.25. The topological polar surface area (TPSA) is 78.9 Å². The number of rotatable bonds is 7. The van der Waals surface area contributed by atoms with Gasteiger partial charge in [0.05, 0.1) is 6.54 Å². The molecule has 2 unspecified atom stereocenters. The van der Waals surface area contributed by atoms with E-state index in [9.17, 15) is 14.7 Å². The number of hydrogen-bond donors (Lipinski definition) is 2. The summed E-state index contributed by atoms with van der Waals surface area (Å²) in [5.74, 6) is 0.122. The van der Waals surface area contributed by atoms with Gasteiger partial charge in [0.15, 0.2) is 0 Å². The summed E-state index contributed by atoms with van der Waals surface area (Å²) in [5.41, 5.74) is 0.211. The summed E-state index contributed by atoms with van der Waals surface area (Å²) in [6, 6.07) is 11.7. The second-order valence-electron chi connectivity index (χ2n) is 7.06. The number of ether oxygens (including phenoxy) is 1. The van der Waals surface area contributed by atoms with Crippen LogP contribution in [-0.2, 0) is 16.8 Å². The minimum atomic E-state index is -1.34. The normalized spacial score (nSPS) is 20.0. The Kier molecular flexibility index (Phi) is 6.36. The van der Waals surface area contributed by atoms with Gasteiger partial charge in [0, 0.05) is 15.6 Å². The van der Waals surface area contributed by atoms with Crippen molar-refractivity contribution in [3.05, 3.63) is 63.6 Å². The van der Waals surface area contributed by atoms with Crippen molar-refractivity contribution in [1.82, 2.24) is 10.2 Å².